The van der Waals surface area contributed by atoms with Crippen molar-refractivity contribution in [2.45, 2.75) is 32.2 Å². The van der Waals surface area contributed by atoms with Crippen molar-refractivity contribution in [3.63, 3.8) is 0 Å². The maximum atomic E-state index is 12.1. The fraction of sp³-hybridized carbons (Fsp3) is 0.615. The zero-order valence-electron chi connectivity index (χ0n) is 12.0. The fourth-order valence-corrected chi connectivity index (χ4v) is 3.85. The number of hydrogen-bond donors (Lipinski definition) is 2. The van der Waals surface area contributed by atoms with E-state index in [1.807, 2.05) is 6.92 Å². The van der Waals surface area contributed by atoms with Gasteiger partial charge in [0.25, 0.3) is 5.91 Å². The SMILES string of the molecule is CCCNc1cncc(C(=O)NC2CCCS(=O)(=O)C2)n1. The average Bonchev–Trinajstić information content (AvgIpc) is 2.44. The molecule has 116 valence electrons. The first-order valence-electron chi connectivity index (χ1n) is 7.07. The van der Waals surface area contributed by atoms with Crippen LogP contribution in [0.25, 0.3) is 0 Å². The topological polar surface area (TPSA) is 101 Å². The molecule has 0 spiro atoms. The Morgan fingerprint density at radius 2 is 2.24 bits per heavy atom. The van der Waals surface area contributed by atoms with E-state index in [2.05, 4.69) is 20.6 Å². The van der Waals surface area contributed by atoms with Gasteiger partial charge in [-0.3, -0.25) is 9.78 Å². The zero-order chi connectivity index (χ0) is 15.3. The quantitative estimate of drug-likeness (QED) is 0.826. The Labute approximate surface area is 124 Å². The molecule has 0 aromatic carbocycles. The van der Waals surface area contributed by atoms with Gasteiger partial charge in [-0.25, -0.2) is 13.4 Å². The lowest BCUT2D eigenvalue weighted by Crippen LogP contribution is -2.43. The molecule has 1 aliphatic rings. The average molecular weight is 312 g/mol. The van der Waals surface area contributed by atoms with Crippen molar-refractivity contribution in [3.05, 3.63) is 18.1 Å². The van der Waals surface area contributed by atoms with E-state index in [1.54, 1.807) is 6.20 Å². The molecule has 0 aliphatic carbocycles. The summed E-state index contributed by atoms with van der Waals surface area (Å²) in [5.41, 5.74) is 0.194. The smallest absolute Gasteiger partial charge is 0.271 e. The Balaban J connectivity index is 1.99. The van der Waals surface area contributed by atoms with E-state index in [1.165, 1.54) is 6.20 Å². The number of carbonyl (C=O) groups is 1. The number of nitrogens with one attached hydrogen (secondary N) is 2. The van der Waals surface area contributed by atoms with Gasteiger partial charge in [0.05, 0.1) is 23.9 Å². The molecule has 1 saturated heterocycles. The molecular formula is C13H20N4O3S. The Morgan fingerprint density at radius 1 is 1.43 bits per heavy atom. The van der Waals surface area contributed by atoms with Gasteiger partial charge in [0.15, 0.2) is 9.84 Å². The van der Waals surface area contributed by atoms with Crippen LogP contribution in [0.3, 0.4) is 0 Å². The lowest BCUT2D eigenvalue weighted by Gasteiger charge is -2.22. The number of aromatic nitrogens is 2. The zero-order valence-corrected chi connectivity index (χ0v) is 12.8. The summed E-state index contributed by atoms with van der Waals surface area (Å²) in [4.78, 5) is 20.3. The maximum Gasteiger partial charge on any atom is 0.271 e. The molecule has 0 radical (unpaired) electrons. The lowest BCUT2D eigenvalue weighted by atomic mass is 10.2. The summed E-state index contributed by atoms with van der Waals surface area (Å²) in [6.45, 7) is 2.78. The number of sulfone groups is 1. The summed E-state index contributed by atoms with van der Waals surface area (Å²) < 4.78 is 23.1. The van der Waals surface area contributed by atoms with Crippen LogP contribution in [0.2, 0.25) is 0 Å². The summed E-state index contributed by atoms with van der Waals surface area (Å²) in [6, 6.07) is -0.342. The van der Waals surface area contributed by atoms with Crippen LogP contribution in [0.4, 0.5) is 5.82 Å². The van der Waals surface area contributed by atoms with E-state index in [9.17, 15) is 13.2 Å². The molecule has 1 fully saturated rings. The van der Waals surface area contributed by atoms with Crippen LogP contribution in [-0.2, 0) is 9.84 Å². The van der Waals surface area contributed by atoms with E-state index in [0.29, 0.717) is 18.7 Å². The Bertz CT molecular complexity index is 603. The monoisotopic (exact) mass is 312 g/mol. The van der Waals surface area contributed by atoms with Crippen LogP contribution in [0, 0.1) is 0 Å². The third kappa shape index (κ3) is 4.66. The minimum atomic E-state index is -3.04. The van der Waals surface area contributed by atoms with Crippen molar-refractivity contribution < 1.29 is 13.2 Å². The number of amides is 1. The third-order valence-corrected chi connectivity index (χ3v) is 5.04. The molecule has 1 amide bonds. The summed E-state index contributed by atoms with van der Waals surface area (Å²) in [5, 5.41) is 5.78. The largest absolute Gasteiger partial charge is 0.369 e. The van der Waals surface area contributed by atoms with Crippen LogP contribution in [0.1, 0.15) is 36.7 Å². The summed E-state index contributed by atoms with van der Waals surface area (Å²) in [6.07, 6.45) is 5.13. The van der Waals surface area contributed by atoms with Crippen molar-refractivity contribution in [2.75, 3.05) is 23.4 Å². The van der Waals surface area contributed by atoms with Gasteiger partial charge in [-0.2, -0.15) is 0 Å². The van der Waals surface area contributed by atoms with Crippen molar-refractivity contribution >= 4 is 21.6 Å². The number of rotatable bonds is 5. The molecule has 0 saturated carbocycles. The van der Waals surface area contributed by atoms with E-state index in [-0.39, 0.29) is 29.1 Å². The van der Waals surface area contributed by atoms with Crippen LogP contribution < -0.4 is 10.6 Å². The Kier molecular flexibility index (Phi) is 5.11. The molecule has 1 unspecified atom stereocenters. The number of nitrogens with zero attached hydrogens (tertiary/aromatic N) is 2. The van der Waals surface area contributed by atoms with Gasteiger partial charge >= 0.3 is 0 Å². The number of carbonyl (C=O) groups excluding carboxylic acids is 1. The number of anilines is 1. The molecular weight excluding hydrogens is 292 g/mol. The summed E-state index contributed by atoms with van der Waals surface area (Å²) in [5.74, 6) is 0.362. The van der Waals surface area contributed by atoms with Gasteiger partial charge < -0.3 is 10.6 Å². The number of hydrogen-bond acceptors (Lipinski definition) is 6. The minimum Gasteiger partial charge on any atom is -0.369 e. The highest BCUT2D eigenvalue weighted by molar-refractivity contribution is 7.91. The lowest BCUT2D eigenvalue weighted by molar-refractivity contribution is 0.0933. The van der Waals surface area contributed by atoms with E-state index < -0.39 is 9.84 Å². The van der Waals surface area contributed by atoms with Gasteiger partial charge in [-0.15, -0.1) is 0 Å². The highest BCUT2D eigenvalue weighted by Crippen LogP contribution is 2.12. The predicted octanol–water partition coefficient (Wildman–Crippen LogP) is 0.605. The first-order valence-corrected chi connectivity index (χ1v) is 8.89. The van der Waals surface area contributed by atoms with Gasteiger partial charge in [0, 0.05) is 12.6 Å². The first kappa shape index (κ1) is 15.7. The Hall–Kier alpha value is -1.70. The second kappa shape index (κ2) is 6.84. The molecule has 0 bridgehead atoms. The molecule has 21 heavy (non-hydrogen) atoms. The van der Waals surface area contributed by atoms with Crippen molar-refractivity contribution in [2.24, 2.45) is 0 Å². The van der Waals surface area contributed by atoms with Crippen molar-refractivity contribution in [1.29, 1.82) is 0 Å². The van der Waals surface area contributed by atoms with E-state index in [0.717, 1.165) is 13.0 Å². The normalized spacial score (nSPS) is 20.7. The highest BCUT2D eigenvalue weighted by Gasteiger charge is 2.26. The van der Waals surface area contributed by atoms with Crippen molar-refractivity contribution in [3.8, 4) is 0 Å². The summed E-state index contributed by atoms with van der Waals surface area (Å²) in [7, 11) is -3.04. The van der Waals surface area contributed by atoms with Crippen LogP contribution >= 0.6 is 0 Å². The highest BCUT2D eigenvalue weighted by atomic mass is 32.2. The first-order chi connectivity index (χ1) is 10.00. The standard InChI is InChI=1S/C13H20N4O3S/c1-2-5-15-12-8-14-7-11(17-12)13(18)16-10-4-3-6-21(19,20)9-10/h7-8,10H,2-6,9H2,1H3,(H,15,17)(H,16,18). The third-order valence-electron chi connectivity index (χ3n) is 3.22. The Morgan fingerprint density at radius 3 is 2.95 bits per heavy atom. The molecule has 1 atom stereocenters. The molecule has 1 aliphatic heterocycles. The molecule has 2 N–H and O–H groups in total. The van der Waals surface area contributed by atoms with Crippen LogP contribution in [-0.4, -0.2) is 48.4 Å². The second-order valence-electron chi connectivity index (χ2n) is 5.14. The summed E-state index contributed by atoms with van der Waals surface area (Å²) >= 11 is 0. The minimum absolute atomic E-state index is 0.0000556. The molecule has 7 nitrogen and oxygen atoms in total. The predicted molar refractivity (Wildman–Crippen MR) is 80.0 cm³/mol. The van der Waals surface area contributed by atoms with Crippen LogP contribution in [0.5, 0.6) is 0 Å². The fourth-order valence-electron chi connectivity index (χ4n) is 2.21. The van der Waals surface area contributed by atoms with E-state index in [4.69, 9.17) is 0 Å². The molecule has 2 heterocycles. The van der Waals surface area contributed by atoms with Gasteiger partial charge in [-0.1, -0.05) is 6.92 Å². The van der Waals surface area contributed by atoms with E-state index >= 15 is 0 Å². The van der Waals surface area contributed by atoms with Gasteiger partial charge in [-0.05, 0) is 19.3 Å². The molecule has 8 heteroatoms. The van der Waals surface area contributed by atoms with Crippen molar-refractivity contribution in [1.82, 2.24) is 15.3 Å². The van der Waals surface area contributed by atoms with Gasteiger partial charge in [0.1, 0.15) is 11.5 Å². The second-order valence-corrected chi connectivity index (χ2v) is 7.37. The maximum absolute atomic E-state index is 12.1. The molecule has 1 aromatic heterocycles. The molecule has 2 rings (SSSR count). The van der Waals surface area contributed by atoms with Gasteiger partial charge in [0.2, 0.25) is 0 Å². The van der Waals surface area contributed by atoms with Crippen LogP contribution in [0.15, 0.2) is 12.4 Å². The molecule has 1 aromatic rings.